The first-order valence-electron chi connectivity index (χ1n) is 15.3. The Balaban J connectivity index is 1.37. The molecule has 0 saturated carbocycles. The number of piperidine rings is 1. The molecule has 0 spiro atoms. The van der Waals surface area contributed by atoms with Crippen molar-refractivity contribution in [3.05, 3.63) is 96.2 Å². The van der Waals surface area contributed by atoms with Crippen LogP contribution in [0.5, 0.6) is 11.5 Å². The highest BCUT2D eigenvalue weighted by atomic mass is 16.5. The van der Waals surface area contributed by atoms with Gasteiger partial charge in [-0.05, 0) is 62.6 Å². The first-order chi connectivity index (χ1) is 21.4. The molecule has 3 atom stereocenters. The van der Waals surface area contributed by atoms with E-state index in [1.165, 1.54) is 0 Å². The van der Waals surface area contributed by atoms with Crippen molar-refractivity contribution >= 4 is 28.3 Å². The molecule has 44 heavy (non-hydrogen) atoms. The number of carbonyl (C=O) groups excluding carboxylic acids is 2. The van der Waals surface area contributed by atoms with Crippen LogP contribution in [0.2, 0.25) is 0 Å². The van der Waals surface area contributed by atoms with Crippen molar-refractivity contribution in [3.63, 3.8) is 0 Å². The summed E-state index contributed by atoms with van der Waals surface area (Å²) in [6.07, 6.45) is 4.03. The number of likely N-dealkylation sites (N-methyl/N-ethyl adjacent to an activating group) is 1. The lowest BCUT2D eigenvalue weighted by molar-refractivity contribution is -0.151. The van der Waals surface area contributed by atoms with Crippen molar-refractivity contribution in [1.82, 2.24) is 9.88 Å². The van der Waals surface area contributed by atoms with Crippen molar-refractivity contribution in [3.8, 4) is 11.5 Å². The summed E-state index contributed by atoms with van der Waals surface area (Å²) >= 11 is 0. The Bertz CT molecular complexity index is 1550. The number of ether oxygens (including phenoxy) is 3. The molecule has 0 amide bonds. The van der Waals surface area contributed by atoms with Gasteiger partial charge in [0.1, 0.15) is 25.6 Å². The number of fused-ring (bicyclic) bond motifs is 1. The molecule has 3 aromatic carbocycles. The molecule has 5 rings (SSSR count). The minimum Gasteiger partial charge on any atom is -0.488 e. The third kappa shape index (κ3) is 7.94. The molecule has 1 unspecified atom stereocenters. The van der Waals surface area contributed by atoms with Crippen LogP contribution in [0.1, 0.15) is 44.2 Å². The number of aromatic nitrogens is 1. The molecular formula is C36H41N3O5. The second-order valence-corrected chi connectivity index (χ2v) is 11.4. The molecule has 1 fully saturated rings. The van der Waals surface area contributed by atoms with Gasteiger partial charge in [0.15, 0.2) is 11.5 Å². The van der Waals surface area contributed by atoms with E-state index in [1.54, 1.807) is 6.92 Å². The second-order valence-electron chi connectivity index (χ2n) is 11.4. The second kappa shape index (κ2) is 14.8. The van der Waals surface area contributed by atoms with Gasteiger partial charge < -0.3 is 19.5 Å². The highest BCUT2D eigenvalue weighted by Crippen LogP contribution is 2.37. The van der Waals surface area contributed by atoms with Crippen LogP contribution in [0.15, 0.2) is 85.1 Å². The maximum atomic E-state index is 13.0. The third-order valence-corrected chi connectivity index (χ3v) is 8.21. The minimum absolute atomic E-state index is 0.0980. The average molecular weight is 596 g/mol. The molecule has 1 aliphatic rings. The summed E-state index contributed by atoms with van der Waals surface area (Å²) in [4.78, 5) is 32.0. The van der Waals surface area contributed by atoms with Gasteiger partial charge in [0.05, 0.1) is 29.4 Å². The van der Waals surface area contributed by atoms with Crippen molar-refractivity contribution < 1.29 is 23.8 Å². The standard InChI is InChI=1S/C36H41N3O5/c1-4-28(36(41)44-23-27-13-9-6-10-14-27)24-43-35-31-19-30(38-29-17-18-39(3)33(20-29)25(2)40)21-37-32(31)15-16-34(35)42-22-26-11-7-5-8-12-26/h5-16,19,21,28-29,33,38H,4,17-18,20,22-24H2,1-3H3/t28?,29-,33-/m0/s1. The summed E-state index contributed by atoms with van der Waals surface area (Å²) in [6, 6.07) is 25.4. The van der Waals surface area contributed by atoms with Gasteiger partial charge in [0.2, 0.25) is 0 Å². The van der Waals surface area contributed by atoms with E-state index in [1.807, 2.05) is 99.0 Å². The Morgan fingerprint density at radius 2 is 1.68 bits per heavy atom. The van der Waals surface area contributed by atoms with E-state index < -0.39 is 5.92 Å². The molecule has 230 valence electrons. The number of anilines is 1. The van der Waals surface area contributed by atoms with Crippen molar-refractivity contribution in [2.45, 2.75) is 58.4 Å². The highest BCUT2D eigenvalue weighted by Gasteiger charge is 2.29. The summed E-state index contributed by atoms with van der Waals surface area (Å²) in [5, 5.41) is 4.38. The Hall–Kier alpha value is -4.43. The van der Waals surface area contributed by atoms with Crippen molar-refractivity contribution in [2.75, 3.05) is 25.5 Å². The number of carbonyl (C=O) groups is 2. The monoisotopic (exact) mass is 595 g/mol. The predicted octanol–water partition coefficient (Wildman–Crippen LogP) is 6.43. The highest BCUT2D eigenvalue weighted by molar-refractivity contribution is 5.90. The summed E-state index contributed by atoms with van der Waals surface area (Å²) < 4.78 is 18.3. The molecule has 2 heterocycles. The zero-order valence-electron chi connectivity index (χ0n) is 25.7. The Kier molecular flexibility index (Phi) is 10.5. The zero-order valence-corrected chi connectivity index (χ0v) is 25.7. The average Bonchev–Trinajstić information content (AvgIpc) is 3.05. The number of nitrogens with one attached hydrogen (secondary N) is 1. The lowest BCUT2D eigenvalue weighted by Gasteiger charge is -2.36. The number of pyridine rings is 1. The van der Waals surface area contributed by atoms with Crippen LogP contribution < -0.4 is 14.8 Å². The van der Waals surface area contributed by atoms with Crippen LogP contribution in [0.4, 0.5) is 5.69 Å². The molecule has 1 aromatic heterocycles. The number of Topliss-reactive ketones (excluding diaryl/α,β-unsaturated/α-hetero) is 1. The fourth-order valence-corrected chi connectivity index (χ4v) is 5.54. The number of rotatable bonds is 13. The Morgan fingerprint density at radius 3 is 2.36 bits per heavy atom. The van der Waals surface area contributed by atoms with Gasteiger partial charge in [-0.2, -0.15) is 0 Å². The van der Waals surface area contributed by atoms with Gasteiger partial charge in [-0.25, -0.2) is 0 Å². The molecule has 4 aromatic rings. The maximum Gasteiger partial charge on any atom is 0.312 e. The van der Waals surface area contributed by atoms with E-state index in [-0.39, 0.29) is 37.0 Å². The smallest absolute Gasteiger partial charge is 0.312 e. The topological polar surface area (TPSA) is 90.0 Å². The largest absolute Gasteiger partial charge is 0.488 e. The number of likely N-dealkylation sites (tertiary alicyclic amines) is 1. The van der Waals surface area contributed by atoms with E-state index in [4.69, 9.17) is 19.2 Å². The molecule has 0 bridgehead atoms. The molecule has 8 heteroatoms. The van der Waals surface area contributed by atoms with Gasteiger partial charge in [-0.15, -0.1) is 0 Å². The molecule has 0 aliphatic carbocycles. The van der Waals surface area contributed by atoms with E-state index >= 15 is 0 Å². The molecular weight excluding hydrogens is 554 g/mol. The number of hydrogen-bond donors (Lipinski definition) is 1. The quantitative estimate of drug-likeness (QED) is 0.177. The van der Waals surface area contributed by atoms with Crippen molar-refractivity contribution in [1.29, 1.82) is 0 Å². The summed E-state index contributed by atoms with van der Waals surface area (Å²) in [5.74, 6) is 0.538. The first-order valence-corrected chi connectivity index (χ1v) is 15.3. The van der Waals surface area contributed by atoms with E-state index in [0.717, 1.165) is 47.1 Å². The first kappa shape index (κ1) is 31.0. The minimum atomic E-state index is -0.451. The fraction of sp³-hybridized carbons (Fsp3) is 0.361. The third-order valence-electron chi connectivity index (χ3n) is 8.21. The molecule has 0 radical (unpaired) electrons. The number of hydrogen-bond acceptors (Lipinski definition) is 8. The van der Waals surface area contributed by atoms with Crippen molar-refractivity contribution in [2.24, 2.45) is 5.92 Å². The Morgan fingerprint density at radius 1 is 0.977 bits per heavy atom. The van der Waals surface area contributed by atoms with E-state index in [2.05, 4.69) is 10.2 Å². The van der Waals surface area contributed by atoms with Crippen LogP contribution in [0, 0.1) is 5.92 Å². The number of ketones is 1. The predicted molar refractivity (Wildman–Crippen MR) is 172 cm³/mol. The zero-order chi connectivity index (χ0) is 30.9. The van der Waals surface area contributed by atoms with E-state index in [0.29, 0.717) is 24.5 Å². The lowest BCUT2D eigenvalue weighted by atomic mass is 9.95. The molecule has 1 aliphatic heterocycles. The Labute approximate surface area is 259 Å². The van der Waals surface area contributed by atoms with Crippen LogP contribution in [0.25, 0.3) is 10.9 Å². The van der Waals surface area contributed by atoms with Crippen LogP contribution >= 0.6 is 0 Å². The summed E-state index contributed by atoms with van der Waals surface area (Å²) in [6.45, 7) is 5.17. The molecule has 1 N–H and O–H groups in total. The van der Waals surface area contributed by atoms with Gasteiger partial charge in [0.25, 0.3) is 0 Å². The maximum absolute atomic E-state index is 13.0. The molecule has 1 saturated heterocycles. The summed E-state index contributed by atoms with van der Waals surface area (Å²) in [5.41, 5.74) is 3.56. The van der Waals surface area contributed by atoms with Crippen LogP contribution in [-0.2, 0) is 27.5 Å². The van der Waals surface area contributed by atoms with Gasteiger partial charge >= 0.3 is 5.97 Å². The SMILES string of the molecule is CCC(COc1c(OCc2ccccc2)ccc2ncc(N[C@H]3CCN(C)[C@H](C(C)=O)C3)cc12)C(=O)OCc1ccccc1. The number of nitrogens with zero attached hydrogens (tertiary/aromatic N) is 2. The molecule has 8 nitrogen and oxygen atoms in total. The number of esters is 1. The van der Waals surface area contributed by atoms with Crippen LogP contribution in [0.3, 0.4) is 0 Å². The van der Waals surface area contributed by atoms with Gasteiger partial charge in [-0.1, -0.05) is 67.6 Å². The lowest BCUT2D eigenvalue weighted by Crippen LogP contribution is -2.47. The summed E-state index contributed by atoms with van der Waals surface area (Å²) in [7, 11) is 2.00. The van der Waals surface area contributed by atoms with Gasteiger partial charge in [-0.3, -0.25) is 19.5 Å². The number of benzene rings is 3. The fourth-order valence-electron chi connectivity index (χ4n) is 5.54. The van der Waals surface area contributed by atoms with E-state index in [9.17, 15) is 9.59 Å². The van der Waals surface area contributed by atoms with Gasteiger partial charge in [0, 0.05) is 18.0 Å². The normalized spacial score (nSPS) is 17.5. The van der Waals surface area contributed by atoms with Crippen LogP contribution in [-0.4, -0.2) is 53.9 Å².